The van der Waals surface area contributed by atoms with E-state index in [1.54, 1.807) is 6.08 Å². The van der Waals surface area contributed by atoms with Gasteiger partial charge in [0.2, 0.25) is 5.91 Å². The zero-order valence-corrected chi connectivity index (χ0v) is 37.6. The van der Waals surface area contributed by atoms with Crippen LogP contribution in [-0.4, -0.2) is 47.4 Å². The fourth-order valence-electron chi connectivity index (χ4n) is 7.01. The van der Waals surface area contributed by atoms with Crippen molar-refractivity contribution >= 4 is 11.9 Å². The highest BCUT2D eigenvalue weighted by Crippen LogP contribution is 2.13. The van der Waals surface area contributed by atoms with Crippen molar-refractivity contribution in [2.75, 3.05) is 13.2 Å². The standard InChI is InChI=1S/C51H93NO5/c1-3-5-7-9-11-13-15-17-18-21-25-29-33-37-41-45-51(56)57-46-42-38-34-30-26-22-19-20-24-28-32-36-40-44-50(55)52-48(47-53)49(54)43-39-35-31-27-23-16-14-12-10-8-6-4-2/h11,13,17-18,20,24,39,43,48-49,53-54H,3-10,12,14-16,19,21-23,25-38,40-42,44-47H2,1-2H3,(H,52,55)/b13-11-,18-17-,24-20-,43-39+. The monoisotopic (exact) mass is 800 g/mol. The van der Waals surface area contributed by atoms with Crippen LogP contribution in [-0.2, 0) is 14.3 Å². The van der Waals surface area contributed by atoms with Crippen LogP contribution < -0.4 is 5.32 Å². The molecule has 0 rings (SSSR count). The number of aliphatic hydroxyl groups is 2. The molecule has 0 spiro atoms. The summed E-state index contributed by atoms with van der Waals surface area (Å²) >= 11 is 0. The van der Waals surface area contributed by atoms with Crippen molar-refractivity contribution in [3.05, 3.63) is 48.6 Å². The van der Waals surface area contributed by atoms with E-state index in [1.165, 1.54) is 128 Å². The molecular weight excluding hydrogens is 707 g/mol. The maximum Gasteiger partial charge on any atom is 0.305 e. The Kier molecular flexibility index (Phi) is 44.7. The number of ether oxygens (including phenoxy) is 1. The summed E-state index contributed by atoms with van der Waals surface area (Å²) in [5, 5.41) is 22.9. The Morgan fingerprint density at radius 2 is 0.877 bits per heavy atom. The molecule has 2 unspecified atom stereocenters. The van der Waals surface area contributed by atoms with E-state index in [9.17, 15) is 19.8 Å². The summed E-state index contributed by atoms with van der Waals surface area (Å²) in [5.74, 6) is -0.131. The molecule has 0 radical (unpaired) electrons. The van der Waals surface area contributed by atoms with Crippen LogP contribution in [0.15, 0.2) is 48.6 Å². The summed E-state index contributed by atoms with van der Waals surface area (Å²) in [7, 11) is 0. The number of allylic oxidation sites excluding steroid dienone is 7. The van der Waals surface area contributed by atoms with Gasteiger partial charge < -0.3 is 20.3 Å². The molecule has 0 aliphatic carbocycles. The summed E-state index contributed by atoms with van der Waals surface area (Å²) in [6, 6.07) is -0.648. The molecule has 0 aliphatic rings. The second kappa shape index (κ2) is 46.5. The Bertz CT molecular complexity index is 973. The minimum atomic E-state index is -0.861. The molecule has 3 N–H and O–H groups in total. The van der Waals surface area contributed by atoms with Crippen LogP contribution >= 0.6 is 0 Å². The van der Waals surface area contributed by atoms with Gasteiger partial charge in [-0.05, 0) is 89.9 Å². The first-order valence-electron chi connectivity index (χ1n) is 24.4. The van der Waals surface area contributed by atoms with Crippen LogP contribution in [0.2, 0.25) is 0 Å². The second-order valence-corrected chi connectivity index (χ2v) is 16.4. The molecule has 57 heavy (non-hydrogen) atoms. The first kappa shape index (κ1) is 54.8. The van der Waals surface area contributed by atoms with E-state index in [0.717, 1.165) is 83.5 Å². The molecular formula is C51H93NO5. The van der Waals surface area contributed by atoms with Gasteiger partial charge in [0.05, 0.1) is 25.4 Å². The van der Waals surface area contributed by atoms with Gasteiger partial charge in [0.15, 0.2) is 0 Å². The van der Waals surface area contributed by atoms with Gasteiger partial charge in [0.25, 0.3) is 0 Å². The average Bonchev–Trinajstić information content (AvgIpc) is 3.21. The Morgan fingerprint density at radius 3 is 1.40 bits per heavy atom. The third-order valence-corrected chi connectivity index (χ3v) is 10.8. The van der Waals surface area contributed by atoms with Crippen molar-refractivity contribution in [2.45, 2.75) is 251 Å². The van der Waals surface area contributed by atoms with Crippen molar-refractivity contribution in [1.82, 2.24) is 5.32 Å². The first-order valence-corrected chi connectivity index (χ1v) is 24.4. The van der Waals surface area contributed by atoms with Gasteiger partial charge in [-0.2, -0.15) is 0 Å². The van der Waals surface area contributed by atoms with E-state index in [2.05, 4.69) is 55.6 Å². The average molecular weight is 800 g/mol. The van der Waals surface area contributed by atoms with Gasteiger partial charge in [-0.1, -0.05) is 184 Å². The number of rotatable bonds is 44. The van der Waals surface area contributed by atoms with Crippen LogP contribution in [0.3, 0.4) is 0 Å². The lowest BCUT2D eigenvalue weighted by atomic mass is 10.1. The SMILES string of the molecule is CCCCC/C=C\C/C=C\CCCCCCCC(=O)OCCCCCCCC/C=C\CCCCCC(=O)NC(CO)C(O)/C=C/CCCCCCCCCCCC. The molecule has 0 aromatic rings. The van der Waals surface area contributed by atoms with Crippen molar-refractivity contribution in [3.8, 4) is 0 Å². The van der Waals surface area contributed by atoms with E-state index in [4.69, 9.17) is 4.74 Å². The van der Waals surface area contributed by atoms with Crippen LogP contribution in [0.1, 0.15) is 239 Å². The van der Waals surface area contributed by atoms with Gasteiger partial charge in [-0.25, -0.2) is 0 Å². The van der Waals surface area contributed by atoms with Gasteiger partial charge in [0.1, 0.15) is 0 Å². The molecule has 0 saturated heterocycles. The molecule has 0 aromatic heterocycles. The molecule has 0 aliphatic heterocycles. The molecule has 1 amide bonds. The first-order chi connectivity index (χ1) is 28.0. The number of hydrogen-bond donors (Lipinski definition) is 3. The maximum atomic E-state index is 12.4. The highest BCUT2D eigenvalue weighted by atomic mass is 16.5. The van der Waals surface area contributed by atoms with Crippen LogP contribution in [0.5, 0.6) is 0 Å². The van der Waals surface area contributed by atoms with Crippen molar-refractivity contribution in [3.63, 3.8) is 0 Å². The van der Waals surface area contributed by atoms with E-state index >= 15 is 0 Å². The molecule has 0 aromatic carbocycles. The number of esters is 1. The molecule has 0 bridgehead atoms. The zero-order chi connectivity index (χ0) is 41.5. The number of carbonyl (C=O) groups is 2. The largest absolute Gasteiger partial charge is 0.466 e. The highest BCUT2D eigenvalue weighted by molar-refractivity contribution is 5.76. The Balaban J connectivity index is 3.55. The number of unbranched alkanes of at least 4 members (excludes halogenated alkanes) is 27. The molecule has 2 atom stereocenters. The molecule has 6 nitrogen and oxygen atoms in total. The Labute approximate surface area is 353 Å². The minimum absolute atomic E-state index is 0.0293. The second-order valence-electron chi connectivity index (χ2n) is 16.4. The van der Waals surface area contributed by atoms with Crippen molar-refractivity contribution in [1.29, 1.82) is 0 Å². The summed E-state index contributed by atoms with van der Waals surface area (Å²) in [6.07, 6.45) is 56.7. The summed E-state index contributed by atoms with van der Waals surface area (Å²) < 4.78 is 5.44. The Morgan fingerprint density at radius 1 is 0.491 bits per heavy atom. The maximum absolute atomic E-state index is 12.4. The number of carbonyl (C=O) groups excluding carboxylic acids is 2. The predicted molar refractivity (Wildman–Crippen MR) is 245 cm³/mol. The lowest BCUT2D eigenvalue weighted by Crippen LogP contribution is -2.45. The van der Waals surface area contributed by atoms with E-state index in [1.807, 2.05) is 6.08 Å². The van der Waals surface area contributed by atoms with E-state index < -0.39 is 12.1 Å². The highest BCUT2D eigenvalue weighted by Gasteiger charge is 2.18. The van der Waals surface area contributed by atoms with Crippen molar-refractivity contribution < 1.29 is 24.5 Å². The minimum Gasteiger partial charge on any atom is -0.466 e. The fraction of sp³-hybridized carbons (Fsp3) is 0.804. The number of amides is 1. The lowest BCUT2D eigenvalue weighted by molar-refractivity contribution is -0.143. The number of hydrogen-bond acceptors (Lipinski definition) is 5. The zero-order valence-electron chi connectivity index (χ0n) is 37.6. The lowest BCUT2D eigenvalue weighted by Gasteiger charge is -2.19. The summed E-state index contributed by atoms with van der Waals surface area (Å²) in [6.45, 7) is 4.80. The van der Waals surface area contributed by atoms with Crippen LogP contribution in [0.25, 0.3) is 0 Å². The smallest absolute Gasteiger partial charge is 0.305 e. The third kappa shape index (κ3) is 43.2. The normalized spacial score (nSPS) is 13.1. The number of aliphatic hydroxyl groups excluding tert-OH is 2. The third-order valence-electron chi connectivity index (χ3n) is 10.8. The molecule has 0 saturated carbocycles. The van der Waals surface area contributed by atoms with Gasteiger partial charge in [-0.3, -0.25) is 9.59 Å². The topological polar surface area (TPSA) is 95.9 Å². The van der Waals surface area contributed by atoms with Gasteiger partial charge in [0, 0.05) is 12.8 Å². The molecule has 6 heteroatoms. The van der Waals surface area contributed by atoms with E-state index in [0.29, 0.717) is 19.4 Å². The predicted octanol–water partition coefficient (Wildman–Crippen LogP) is 14.3. The fourth-order valence-corrected chi connectivity index (χ4v) is 7.01. The summed E-state index contributed by atoms with van der Waals surface area (Å²) in [4.78, 5) is 24.4. The van der Waals surface area contributed by atoms with Crippen LogP contribution in [0, 0.1) is 0 Å². The quantitative estimate of drug-likeness (QED) is 0.0324. The van der Waals surface area contributed by atoms with Gasteiger partial charge >= 0.3 is 5.97 Å². The molecule has 0 fully saturated rings. The van der Waals surface area contributed by atoms with E-state index in [-0.39, 0.29) is 18.5 Å². The van der Waals surface area contributed by atoms with Gasteiger partial charge in [-0.15, -0.1) is 0 Å². The molecule has 332 valence electrons. The van der Waals surface area contributed by atoms with Crippen molar-refractivity contribution in [2.24, 2.45) is 0 Å². The van der Waals surface area contributed by atoms with Crippen LogP contribution in [0.4, 0.5) is 0 Å². The number of nitrogens with one attached hydrogen (secondary N) is 1. The Hall–Kier alpha value is -2.18. The molecule has 0 heterocycles. The summed E-state index contributed by atoms with van der Waals surface area (Å²) in [5.41, 5.74) is 0.